The molecule has 1 aromatic rings. The molecule has 72 valence electrons. The summed E-state index contributed by atoms with van der Waals surface area (Å²) in [5, 5.41) is 0.487. The van der Waals surface area contributed by atoms with Crippen LogP contribution >= 0.6 is 11.6 Å². The average Bonchev–Trinajstić information content (AvgIpc) is 2.15. The molecular formula is C10H8ClNO2. The second-order valence-corrected chi connectivity index (χ2v) is 2.80. The highest BCUT2D eigenvalue weighted by atomic mass is 35.5. The van der Waals surface area contributed by atoms with E-state index in [1.807, 2.05) is 0 Å². The number of nitrogens with zero attached hydrogens (tertiary/aromatic N) is 1. The molecule has 0 spiro atoms. The molecule has 0 amide bonds. The maximum Gasteiger partial charge on any atom is 0.384 e. The Morgan fingerprint density at radius 3 is 3.07 bits per heavy atom. The molecule has 0 aliphatic rings. The van der Waals surface area contributed by atoms with Gasteiger partial charge in [-0.3, -0.25) is 4.98 Å². The first-order chi connectivity index (χ1) is 6.72. The number of ether oxygens (including phenoxy) is 1. The molecule has 1 heterocycles. The molecule has 0 atom stereocenters. The van der Waals surface area contributed by atoms with Gasteiger partial charge in [0, 0.05) is 23.9 Å². The Morgan fingerprint density at radius 2 is 2.43 bits per heavy atom. The Balaban J connectivity index is 2.72. The number of pyridine rings is 1. The van der Waals surface area contributed by atoms with Crippen LogP contribution in [-0.4, -0.2) is 17.6 Å². The number of esters is 1. The molecule has 3 nitrogen and oxygen atoms in total. The Kier molecular flexibility index (Phi) is 3.96. The number of halogens is 1. The standard InChI is InChI=1S/C10H8ClNO2/c1-2-14-10(13)4-3-8-5-9(11)7-12-6-8/h5-7H,2H2,1H3. The van der Waals surface area contributed by atoms with Crippen LogP contribution in [0, 0.1) is 11.8 Å². The van der Waals surface area contributed by atoms with E-state index in [4.69, 9.17) is 11.6 Å². The van der Waals surface area contributed by atoms with Crippen LogP contribution in [0.4, 0.5) is 0 Å². The molecule has 0 radical (unpaired) electrons. The van der Waals surface area contributed by atoms with Crippen molar-refractivity contribution in [2.24, 2.45) is 0 Å². The normalized spacial score (nSPS) is 8.71. The Morgan fingerprint density at radius 1 is 1.64 bits per heavy atom. The lowest BCUT2D eigenvalue weighted by Gasteiger charge is -1.92. The topological polar surface area (TPSA) is 39.2 Å². The fourth-order valence-electron chi connectivity index (χ4n) is 0.771. The zero-order valence-corrected chi connectivity index (χ0v) is 8.34. The summed E-state index contributed by atoms with van der Waals surface area (Å²) in [6.45, 7) is 2.04. The second-order valence-electron chi connectivity index (χ2n) is 2.36. The van der Waals surface area contributed by atoms with Gasteiger partial charge >= 0.3 is 5.97 Å². The van der Waals surface area contributed by atoms with E-state index in [0.717, 1.165) is 0 Å². The third-order valence-corrected chi connectivity index (χ3v) is 1.50. The van der Waals surface area contributed by atoms with Crippen molar-refractivity contribution in [1.29, 1.82) is 0 Å². The van der Waals surface area contributed by atoms with Crippen molar-refractivity contribution >= 4 is 17.6 Å². The smallest absolute Gasteiger partial charge is 0.384 e. The maximum atomic E-state index is 10.9. The molecule has 0 unspecified atom stereocenters. The van der Waals surface area contributed by atoms with Crippen molar-refractivity contribution in [3.8, 4) is 11.8 Å². The molecule has 0 aliphatic heterocycles. The van der Waals surface area contributed by atoms with Gasteiger partial charge in [0.2, 0.25) is 0 Å². The highest BCUT2D eigenvalue weighted by molar-refractivity contribution is 6.30. The first-order valence-electron chi connectivity index (χ1n) is 4.01. The van der Waals surface area contributed by atoms with Crippen LogP contribution < -0.4 is 0 Å². The minimum atomic E-state index is -0.549. The predicted molar refractivity (Wildman–Crippen MR) is 52.8 cm³/mol. The molecular weight excluding hydrogens is 202 g/mol. The first kappa shape index (κ1) is 10.6. The van der Waals surface area contributed by atoms with Gasteiger partial charge in [-0.1, -0.05) is 17.5 Å². The molecule has 0 fully saturated rings. The summed E-state index contributed by atoms with van der Waals surface area (Å²) in [6.07, 6.45) is 3.02. The van der Waals surface area contributed by atoms with Crippen LogP contribution in [-0.2, 0) is 9.53 Å². The van der Waals surface area contributed by atoms with E-state index in [9.17, 15) is 4.79 Å². The number of carbonyl (C=O) groups excluding carboxylic acids is 1. The van der Waals surface area contributed by atoms with Crippen molar-refractivity contribution in [3.05, 3.63) is 29.0 Å². The summed E-state index contributed by atoms with van der Waals surface area (Å²) >= 11 is 5.67. The van der Waals surface area contributed by atoms with Gasteiger partial charge in [-0.2, -0.15) is 0 Å². The number of hydrogen-bond donors (Lipinski definition) is 0. The summed E-state index contributed by atoms with van der Waals surface area (Å²) in [7, 11) is 0. The number of rotatable bonds is 1. The van der Waals surface area contributed by atoms with E-state index in [-0.39, 0.29) is 0 Å². The lowest BCUT2D eigenvalue weighted by Crippen LogP contribution is -1.99. The van der Waals surface area contributed by atoms with Crippen molar-refractivity contribution in [1.82, 2.24) is 4.98 Å². The van der Waals surface area contributed by atoms with Crippen LogP contribution in [0.15, 0.2) is 18.5 Å². The fraction of sp³-hybridized carbons (Fsp3) is 0.200. The van der Waals surface area contributed by atoms with Crippen molar-refractivity contribution in [2.45, 2.75) is 6.92 Å². The van der Waals surface area contributed by atoms with Crippen LogP contribution in [0.5, 0.6) is 0 Å². The van der Waals surface area contributed by atoms with Crippen molar-refractivity contribution in [2.75, 3.05) is 6.61 Å². The monoisotopic (exact) mass is 209 g/mol. The van der Waals surface area contributed by atoms with Crippen LogP contribution in [0.3, 0.4) is 0 Å². The number of carbonyl (C=O) groups is 1. The SMILES string of the molecule is CCOC(=O)C#Cc1cncc(Cl)c1. The largest absolute Gasteiger partial charge is 0.456 e. The molecule has 0 aliphatic carbocycles. The summed E-state index contributed by atoms with van der Waals surface area (Å²) in [4.78, 5) is 14.7. The maximum absolute atomic E-state index is 10.9. The van der Waals surface area contributed by atoms with Crippen LogP contribution in [0.1, 0.15) is 12.5 Å². The zero-order valence-electron chi connectivity index (χ0n) is 7.58. The number of aromatic nitrogens is 1. The summed E-state index contributed by atoms with van der Waals surface area (Å²) in [6, 6.07) is 1.63. The van der Waals surface area contributed by atoms with E-state index in [0.29, 0.717) is 17.2 Å². The summed E-state index contributed by atoms with van der Waals surface area (Å²) in [5.74, 6) is 4.37. The molecule has 14 heavy (non-hydrogen) atoms. The zero-order chi connectivity index (χ0) is 10.4. The van der Waals surface area contributed by atoms with Gasteiger partial charge in [0.05, 0.1) is 11.6 Å². The Bertz CT molecular complexity index is 393. The van der Waals surface area contributed by atoms with E-state index in [1.165, 1.54) is 12.4 Å². The molecule has 0 saturated carbocycles. The average molecular weight is 210 g/mol. The van der Waals surface area contributed by atoms with Gasteiger partial charge in [-0.25, -0.2) is 4.79 Å². The first-order valence-corrected chi connectivity index (χ1v) is 4.39. The number of hydrogen-bond acceptors (Lipinski definition) is 3. The summed E-state index contributed by atoms with van der Waals surface area (Å²) < 4.78 is 4.63. The Labute approximate surface area is 87.1 Å². The quantitative estimate of drug-likeness (QED) is 0.522. The third kappa shape index (κ3) is 3.46. The second kappa shape index (κ2) is 5.25. The molecule has 0 aromatic carbocycles. The fourth-order valence-corrected chi connectivity index (χ4v) is 0.944. The minimum Gasteiger partial charge on any atom is -0.456 e. The van der Waals surface area contributed by atoms with Gasteiger partial charge in [-0.05, 0) is 13.0 Å². The molecule has 1 aromatic heterocycles. The highest BCUT2D eigenvalue weighted by Crippen LogP contribution is 2.06. The van der Waals surface area contributed by atoms with E-state index >= 15 is 0 Å². The van der Waals surface area contributed by atoms with E-state index in [1.54, 1.807) is 13.0 Å². The van der Waals surface area contributed by atoms with Crippen LogP contribution in [0.2, 0.25) is 5.02 Å². The highest BCUT2D eigenvalue weighted by Gasteiger charge is 1.93. The summed E-state index contributed by atoms with van der Waals surface area (Å²) in [5.41, 5.74) is 0.588. The molecule has 1 rings (SSSR count). The minimum absolute atomic E-state index is 0.321. The molecule has 4 heteroatoms. The third-order valence-electron chi connectivity index (χ3n) is 1.29. The molecule has 0 N–H and O–H groups in total. The predicted octanol–water partition coefficient (Wildman–Crippen LogP) is 1.65. The van der Waals surface area contributed by atoms with Gasteiger partial charge in [0.1, 0.15) is 0 Å². The van der Waals surface area contributed by atoms with Gasteiger partial charge in [0.25, 0.3) is 0 Å². The van der Waals surface area contributed by atoms with Gasteiger partial charge < -0.3 is 4.74 Å². The van der Waals surface area contributed by atoms with Gasteiger partial charge in [-0.15, -0.1) is 0 Å². The van der Waals surface area contributed by atoms with Gasteiger partial charge in [0.15, 0.2) is 0 Å². The van der Waals surface area contributed by atoms with E-state index < -0.39 is 5.97 Å². The molecule has 0 saturated heterocycles. The molecule has 0 bridgehead atoms. The van der Waals surface area contributed by atoms with Crippen LogP contribution in [0.25, 0.3) is 0 Å². The lowest BCUT2D eigenvalue weighted by molar-refractivity contribution is -0.136. The van der Waals surface area contributed by atoms with Crippen molar-refractivity contribution in [3.63, 3.8) is 0 Å². The van der Waals surface area contributed by atoms with Crippen molar-refractivity contribution < 1.29 is 9.53 Å². The lowest BCUT2D eigenvalue weighted by atomic mass is 10.3. The van der Waals surface area contributed by atoms with E-state index in [2.05, 4.69) is 21.6 Å². The Hall–Kier alpha value is -1.53.